The lowest BCUT2D eigenvalue weighted by atomic mass is 9.84. The van der Waals surface area contributed by atoms with Gasteiger partial charge in [-0.15, -0.1) is 0 Å². The predicted octanol–water partition coefficient (Wildman–Crippen LogP) is 3.32. The highest BCUT2D eigenvalue weighted by atomic mass is 19.4. The molecule has 0 radical (unpaired) electrons. The van der Waals surface area contributed by atoms with Crippen molar-refractivity contribution in [1.29, 1.82) is 0 Å². The van der Waals surface area contributed by atoms with Gasteiger partial charge in [-0.2, -0.15) is 13.2 Å². The quantitative estimate of drug-likeness (QED) is 0.839. The van der Waals surface area contributed by atoms with E-state index in [2.05, 4.69) is 10.2 Å². The molecule has 0 aromatic rings. The topological polar surface area (TPSA) is 15.3 Å². The number of alkyl halides is 3. The van der Waals surface area contributed by atoms with Gasteiger partial charge in [0, 0.05) is 18.1 Å². The van der Waals surface area contributed by atoms with Crippen molar-refractivity contribution in [2.75, 3.05) is 13.1 Å². The summed E-state index contributed by atoms with van der Waals surface area (Å²) in [5.74, 6) is -1.05. The van der Waals surface area contributed by atoms with E-state index in [1.165, 1.54) is 25.7 Å². The Morgan fingerprint density at radius 1 is 0.900 bits per heavy atom. The highest BCUT2D eigenvalue weighted by Crippen LogP contribution is 2.40. The van der Waals surface area contributed by atoms with Gasteiger partial charge < -0.3 is 5.32 Å². The SMILES string of the molecule is FC(F)(F)C1CCC(N2CCCC2C2CCCN2)CC1. The summed E-state index contributed by atoms with van der Waals surface area (Å²) in [6.45, 7) is 2.19. The van der Waals surface area contributed by atoms with Crippen LogP contribution in [0.25, 0.3) is 0 Å². The van der Waals surface area contributed by atoms with Crippen molar-refractivity contribution < 1.29 is 13.2 Å². The van der Waals surface area contributed by atoms with E-state index >= 15 is 0 Å². The number of hydrogen-bond donors (Lipinski definition) is 1. The summed E-state index contributed by atoms with van der Waals surface area (Å²) in [5.41, 5.74) is 0. The highest BCUT2D eigenvalue weighted by Gasteiger charge is 2.44. The summed E-state index contributed by atoms with van der Waals surface area (Å²) in [4.78, 5) is 2.54. The Bertz CT molecular complexity index is 318. The molecule has 3 aliphatic rings. The fourth-order valence-corrected chi connectivity index (χ4v) is 4.48. The van der Waals surface area contributed by atoms with Crippen LogP contribution in [0.1, 0.15) is 51.4 Å². The number of hydrogen-bond acceptors (Lipinski definition) is 2. The zero-order valence-electron chi connectivity index (χ0n) is 12.0. The van der Waals surface area contributed by atoms with Crippen LogP contribution in [0.2, 0.25) is 0 Å². The van der Waals surface area contributed by atoms with E-state index in [9.17, 15) is 13.2 Å². The average Bonchev–Trinajstić information content (AvgIpc) is 3.08. The van der Waals surface area contributed by atoms with Crippen LogP contribution in [0.3, 0.4) is 0 Å². The maximum Gasteiger partial charge on any atom is 0.391 e. The highest BCUT2D eigenvalue weighted by molar-refractivity contribution is 4.96. The molecule has 0 amide bonds. The maximum absolute atomic E-state index is 12.7. The molecule has 116 valence electrons. The molecule has 0 spiro atoms. The second-order valence-electron chi connectivity index (χ2n) is 6.70. The van der Waals surface area contributed by atoms with Gasteiger partial charge in [0.05, 0.1) is 5.92 Å². The first kappa shape index (κ1) is 14.6. The van der Waals surface area contributed by atoms with Crippen LogP contribution in [0.4, 0.5) is 13.2 Å². The molecule has 3 fully saturated rings. The van der Waals surface area contributed by atoms with Gasteiger partial charge in [-0.05, 0) is 64.5 Å². The standard InChI is InChI=1S/C15H25F3N2/c16-15(17,18)11-5-7-12(8-6-11)20-10-2-4-14(20)13-3-1-9-19-13/h11-14,19H,1-10H2. The van der Waals surface area contributed by atoms with Crippen molar-refractivity contribution in [2.45, 2.75) is 75.7 Å². The molecule has 2 unspecified atom stereocenters. The number of nitrogens with one attached hydrogen (secondary N) is 1. The number of likely N-dealkylation sites (tertiary alicyclic amines) is 1. The molecular formula is C15H25F3N2. The second kappa shape index (κ2) is 5.84. The third-order valence-corrected chi connectivity index (χ3v) is 5.53. The molecule has 2 atom stereocenters. The summed E-state index contributed by atoms with van der Waals surface area (Å²) < 4.78 is 38.2. The summed E-state index contributed by atoms with van der Waals surface area (Å²) >= 11 is 0. The van der Waals surface area contributed by atoms with Crippen LogP contribution in [0.15, 0.2) is 0 Å². The van der Waals surface area contributed by atoms with Gasteiger partial charge in [0.1, 0.15) is 0 Å². The van der Waals surface area contributed by atoms with Crippen LogP contribution < -0.4 is 5.32 Å². The molecule has 20 heavy (non-hydrogen) atoms. The van der Waals surface area contributed by atoms with Crippen molar-refractivity contribution in [1.82, 2.24) is 10.2 Å². The monoisotopic (exact) mass is 290 g/mol. The molecule has 1 aliphatic carbocycles. The van der Waals surface area contributed by atoms with E-state index in [0.717, 1.165) is 25.9 Å². The molecule has 3 rings (SSSR count). The van der Waals surface area contributed by atoms with Crippen LogP contribution in [0.5, 0.6) is 0 Å². The third-order valence-electron chi connectivity index (χ3n) is 5.53. The molecule has 1 saturated carbocycles. The first-order valence-corrected chi connectivity index (χ1v) is 8.11. The number of nitrogens with zero attached hydrogens (tertiary/aromatic N) is 1. The summed E-state index contributed by atoms with van der Waals surface area (Å²) in [6.07, 6.45) is 3.04. The number of halogens is 3. The molecule has 0 aromatic carbocycles. The lowest BCUT2D eigenvalue weighted by molar-refractivity contribution is -0.184. The van der Waals surface area contributed by atoms with Crippen molar-refractivity contribution in [3.63, 3.8) is 0 Å². The van der Waals surface area contributed by atoms with Gasteiger partial charge in [0.25, 0.3) is 0 Å². The van der Waals surface area contributed by atoms with E-state index in [0.29, 0.717) is 31.0 Å². The Hall–Kier alpha value is -0.290. The van der Waals surface area contributed by atoms with Gasteiger partial charge in [0.15, 0.2) is 0 Å². The molecule has 0 bridgehead atoms. The minimum atomic E-state index is -3.98. The fourth-order valence-electron chi connectivity index (χ4n) is 4.48. The van der Waals surface area contributed by atoms with Gasteiger partial charge in [-0.25, -0.2) is 0 Å². The van der Waals surface area contributed by atoms with Crippen molar-refractivity contribution in [3.8, 4) is 0 Å². The summed E-state index contributed by atoms with van der Waals surface area (Å²) in [6, 6.07) is 1.55. The van der Waals surface area contributed by atoms with E-state index in [1.54, 1.807) is 0 Å². The minimum Gasteiger partial charge on any atom is -0.312 e. The van der Waals surface area contributed by atoms with Crippen molar-refractivity contribution in [2.24, 2.45) is 5.92 Å². The van der Waals surface area contributed by atoms with Gasteiger partial charge in [0.2, 0.25) is 0 Å². The van der Waals surface area contributed by atoms with E-state index in [-0.39, 0.29) is 0 Å². The van der Waals surface area contributed by atoms with E-state index in [4.69, 9.17) is 0 Å². The first-order valence-electron chi connectivity index (χ1n) is 8.11. The zero-order chi connectivity index (χ0) is 14.2. The Kier molecular flexibility index (Phi) is 4.27. The molecule has 5 heteroatoms. The molecule has 2 heterocycles. The van der Waals surface area contributed by atoms with Gasteiger partial charge >= 0.3 is 6.18 Å². The molecule has 2 saturated heterocycles. The van der Waals surface area contributed by atoms with E-state index < -0.39 is 12.1 Å². The van der Waals surface area contributed by atoms with E-state index in [1.807, 2.05) is 0 Å². The lowest BCUT2D eigenvalue weighted by Gasteiger charge is -2.40. The Labute approximate surface area is 119 Å². The largest absolute Gasteiger partial charge is 0.391 e. The minimum absolute atomic E-state index is 0.329. The second-order valence-corrected chi connectivity index (χ2v) is 6.70. The molecular weight excluding hydrogens is 265 g/mol. The van der Waals surface area contributed by atoms with Gasteiger partial charge in [-0.1, -0.05) is 0 Å². The summed E-state index contributed by atoms with van der Waals surface area (Å²) in [7, 11) is 0. The van der Waals surface area contributed by atoms with Crippen LogP contribution in [-0.4, -0.2) is 42.3 Å². The Morgan fingerprint density at radius 2 is 1.65 bits per heavy atom. The molecule has 0 aromatic heterocycles. The smallest absolute Gasteiger partial charge is 0.312 e. The fraction of sp³-hybridized carbons (Fsp3) is 1.00. The first-order chi connectivity index (χ1) is 9.55. The van der Waals surface area contributed by atoms with Gasteiger partial charge in [-0.3, -0.25) is 4.90 Å². The summed E-state index contributed by atoms with van der Waals surface area (Å²) in [5, 5.41) is 3.58. The molecule has 2 aliphatic heterocycles. The van der Waals surface area contributed by atoms with Crippen LogP contribution in [0, 0.1) is 5.92 Å². The Morgan fingerprint density at radius 3 is 2.25 bits per heavy atom. The third kappa shape index (κ3) is 2.98. The normalized spacial score (nSPS) is 40.4. The molecule has 1 N–H and O–H groups in total. The number of rotatable bonds is 2. The predicted molar refractivity (Wildman–Crippen MR) is 72.6 cm³/mol. The average molecular weight is 290 g/mol. The Balaban J connectivity index is 1.57. The maximum atomic E-state index is 12.7. The zero-order valence-corrected chi connectivity index (χ0v) is 12.0. The van der Waals surface area contributed by atoms with Crippen molar-refractivity contribution in [3.05, 3.63) is 0 Å². The van der Waals surface area contributed by atoms with Crippen LogP contribution in [-0.2, 0) is 0 Å². The molecule has 2 nitrogen and oxygen atoms in total. The van der Waals surface area contributed by atoms with Crippen molar-refractivity contribution >= 4 is 0 Å². The van der Waals surface area contributed by atoms with Crippen LogP contribution >= 0.6 is 0 Å². The lowest BCUT2D eigenvalue weighted by Crippen LogP contribution is -2.49.